The number of thioether (sulfide) groups is 1. The summed E-state index contributed by atoms with van der Waals surface area (Å²) in [6.45, 7) is 7.14. The van der Waals surface area contributed by atoms with Gasteiger partial charge in [0.05, 0.1) is 24.2 Å². The molecule has 3 heterocycles. The maximum atomic E-state index is 11.4. The van der Waals surface area contributed by atoms with Gasteiger partial charge in [-0.3, -0.25) is 4.79 Å². The van der Waals surface area contributed by atoms with Gasteiger partial charge in [-0.1, -0.05) is 18.7 Å². The third kappa shape index (κ3) is 4.13. The van der Waals surface area contributed by atoms with E-state index in [4.69, 9.17) is 15.2 Å². The highest BCUT2D eigenvalue weighted by Crippen LogP contribution is 2.41. The second kappa shape index (κ2) is 8.10. The third-order valence-corrected chi connectivity index (χ3v) is 6.69. The van der Waals surface area contributed by atoms with Crippen molar-refractivity contribution in [3.8, 4) is 0 Å². The Bertz CT molecular complexity index is 809. The Morgan fingerprint density at radius 1 is 1.42 bits per heavy atom. The van der Waals surface area contributed by atoms with Crippen LogP contribution in [0.15, 0.2) is 5.16 Å². The molecule has 0 spiro atoms. The molecule has 6 nitrogen and oxygen atoms in total. The zero-order chi connectivity index (χ0) is 18.7. The quantitative estimate of drug-likeness (QED) is 0.329. The number of aromatic nitrogens is 2. The Labute approximate surface area is 161 Å². The van der Waals surface area contributed by atoms with E-state index in [1.807, 2.05) is 6.92 Å². The van der Waals surface area contributed by atoms with Gasteiger partial charge in [-0.25, -0.2) is 9.97 Å². The Hall–Kier alpha value is -1.38. The number of rotatable bonds is 7. The Morgan fingerprint density at radius 2 is 2.23 bits per heavy atom. The molecule has 0 aromatic carbocycles. The van der Waals surface area contributed by atoms with Gasteiger partial charge in [0.2, 0.25) is 0 Å². The van der Waals surface area contributed by atoms with E-state index in [9.17, 15) is 4.79 Å². The number of esters is 1. The highest BCUT2D eigenvalue weighted by Gasteiger charge is 2.32. The molecule has 1 aliphatic heterocycles. The summed E-state index contributed by atoms with van der Waals surface area (Å²) in [5, 5.41) is 1.65. The average molecular weight is 396 g/mol. The summed E-state index contributed by atoms with van der Waals surface area (Å²) >= 11 is 3.17. The molecule has 0 bridgehead atoms. The SMILES string of the molecule is CCOC(=O)CCCSc1nc(N)c2c3c(sc2n1)CO[C@](C)(CC)C3. The van der Waals surface area contributed by atoms with Crippen molar-refractivity contribution in [3.05, 3.63) is 10.4 Å². The summed E-state index contributed by atoms with van der Waals surface area (Å²) in [5.74, 6) is 1.14. The average Bonchev–Trinajstić information content (AvgIpc) is 2.96. The topological polar surface area (TPSA) is 87.3 Å². The molecule has 142 valence electrons. The molecule has 3 rings (SSSR count). The lowest BCUT2D eigenvalue weighted by Gasteiger charge is -2.33. The summed E-state index contributed by atoms with van der Waals surface area (Å²) < 4.78 is 11.0. The largest absolute Gasteiger partial charge is 0.466 e. The van der Waals surface area contributed by atoms with E-state index in [1.54, 1.807) is 11.3 Å². The predicted octanol–water partition coefficient (Wildman–Crippen LogP) is 3.95. The van der Waals surface area contributed by atoms with Gasteiger partial charge in [0.1, 0.15) is 10.6 Å². The number of hydrogen-bond acceptors (Lipinski definition) is 8. The van der Waals surface area contributed by atoms with Gasteiger partial charge in [-0.2, -0.15) is 0 Å². The fourth-order valence-electron chi connectivity index (χ4n) is 2.98. The number of ether oxygens (including phenoxy) is 2. The highest BCUT2D eigenvalue weighted by atomic mass is 32.2. The van der Waals surface area contributed by atoms with E-state index in [0.717, 1.165) is 35.2 Å². The van der Waals surface area contributed by atoms with Crippen LogP contribution in [0.5, 0.6) is 0 Å². The molecule has 2 aromatic rings. The van der Waals surface area contributed by atoms with Crippen molar-refractivity contribution in [2.24, 2.45) is 0 Å². The van der Waals surface area contributed by atoms with Crippen molar-refractivity contribution in [2.45, 2.75) is 63.8 Å². The molecule has 0 saturated heterocycles. The molecule has 2 aromatic heterocycles. The zero-order valence-corrected chi connectivity index (χ0v) is 17.1. The Kier molecular flexibility index (Phi) is 6.04. The summed E-state index contributed by atoms with van der Waals surface area (Å²) in [5.41, 5.74) is 7.38. The first kappa shape index (κ1) is 19.4. The van der Waals surface area contributed by atoms with Crippen LogP contribution in [0.3, 0.4) is 0 Å². The van der Waals surface area contributed by atoms with Crippen LogP contribution >= 0.6 is 23.1 Å². The molecule has 0 amide bonds. The number of carbonyl (C=O) groups is 1. The highest BCUT2D eigenvalue weighted by molar-refractivity contribution is 7.99. The van der Waals surface area contributed by atoms with E-state index in [2.05, 4.69) is 23.8 Å². The molecular weight excluding hydrogens is 370 g/mol. The molecule has 26 heavy (non-hydrogen) atoms. The minimum Gasteiger partial charge on any atom is -0.466 e. The zero-order valence-electron chi connectivity index (χ0n) is 15.5. The minimum absolute atomic E-state index is 0.145. The molecule has 0 unspecified atom stereocenters. The van der Waals surface area contributed by atoms with Crippen molar-refractivity contribution in [1.82, 2.24) is 9.97 Å². The van der Waals surface area contributed by atoms with Crippen LogP contribution in [0.1, 0.15) is 50.5 Å². The van der Waals surface area contributed by atoms with E-state index >= 15 is 0 Å². The molecular formula is C18H25N3O3S2. The summed E-state index contributed by atoms with van der Waals surface area (Å²) in [6.07, 6.45) is 2.95. The first-order valence-corrected chi connectivity index (χ1v) is 10.8. The van der Waals surface area contributed by atoms with Crippen molar-refractivity contribution in [3.63, 3.8) is 0 Å². The maximum absolute atomic E-state index is 11.4. The smallest absolute Gasteiger partial charge is 0.305 e. The fraction of sp³-hybridized carbons (Fsp3) is 0.611. The van der Waals surface area contributed by atoms with Gasteiger partial charge in [0.25, 0.3) is 0 Å². The molecule has 8 heteroatoms. The van der Waals surface area contributed by atoms with Crippen molar-refractivity contribution in [2.75, 3.05) is 18.1 Å². The number of thiophene rings is 1. The second-order valence-corrected chi connectivity index (χ2v) is 8.75. The molecule has 0 radical (unpaired) electrons. The van der Waals surface area contributed by atoms with Crippen molar-refractivity contribution < 1.29 is 14.3 Å². The number of anilines is 1. The standard InChI is InChI=1S/C18H25N3O3S2/c1-4-18(3)9-11-12(10-24-18)26-16-14(11)15(19)20-17(21-16)25-8-6-7-13(22)23-5-2/h4-10H2,1-3H3,(H2,19,20,21)/t18-/m1/s1. The predicted molar refractivity (Wildman–Crippen MR) is 106 cm³/mol. The van der Waals surface area contributed by atoms with Gasteiger partial charge in [0.15, 0.2) is 5.16 Å². The minimum atomic E-state index is -0.158. The molecule has 0 fully saturated rings. The van der Waals surface area contributed by atoms with Crippen LogP contribution in [-0.4, -0.2) is 33.9 Å². The van der Waals surface area contributed by atoms with Crippen LogP contribution in [-0.2, 0) is 27.3 Å². The lowest BCUT2D eigenvalue weighted by Crippen LogP contribution is -2.33. The van der Waals surface area contributed by atoms with Crippen LogP contribution in [0, 0.1) is 0 Å². The summed E-state index contributed by atoms with van der Waals surface area (Å²) in [4.78, 5) is 22.7. The first-order valence-electron chi connectivity index (χ1n) is 8.96. The molecule has 0 aliphatic carbocycles. The molecule has 1 aliphatic rings. The Balaban J connectivity index is 1.72. The third-order valence-electron chi connectivity index (χ3n) is 4.65. The van der Waals surface area contributed by atoms with Gasteiger partial charge in [-0.15, -0.1) is 11.3 Å². The van der Waals surface area contributed by atoms with Crippen molar-refractivity contribution in [1.29, 1.82) is 0 Å². The number of nitrogen functional groups attached to an aromatic ring is 1. The van der Waals surface area contributed by atoms with E-state index in [-0.39, 0.29) is 11.6 Å². The van der Waals surface area contributed by atoms with Crippen LogP contribution in [0.2, 0.25) is 0 Å². The number of nitrogens with two attached hydrogens (primary N) is 1. The molecule has 0 saturated carbocycles. The monoisotopic (exact) mass is 395 g/mol. The van der Waals surface area contributed by atoms with E-state index in [0.29, 0.717) is 30.6 Å². The van der Waals surface area contributed by atoms with Gasteiger partial charge in [-0.05, 0) is 32.3 Å². The normalized spacial score (nSPS) is 19.5. The number of hydrogen-bond donors (Lipinski definition) is 1. The molecule has 2 N–H and O–H groups in total. The van der Waals surface area contributed by atoms with Gasteiger partial charge >= 0.3 is 5.97 Å². The lowest BCUT2D eigenvalue weighted by atomic mass is 9.90. The maximum Gasteiger partial charge on any atom is 0.305 e. The van der Waals surface area contributed by atoms with Crippen LogP contribution < -0.4 is 5.73 Å². The fourth-order valence-corrected chi connectivity index (χ4v) is 4.94. The number of fused-ring (bicyclic) bond motifs is 3. The van der Waals surface area contributed by atoms with Crippen molar-refractivity contribution >= 4 is 45.1 Å². The molecule has 1 atom stereocenters. The number of carbonyl (C=O) groups excluding carboxylic acids is 1. The van der Waals surface area contributed by atoms with Gasteiger partial charge < -0.3 is 15.2 Å². The summed E-state index contributed by atoms with van der Waals surface area (Å²) in [6, 6.07) is 0. The summed E-state index contributed by atoms with van der Waals surface area (Å²) in [7, 11) is 0. The number of nitrogens with zero attached hydrogens (tertiary/aromatic N) is 2. The van der Waals surface area contributed by atoms with Crippen LogP contribution in [0.4, 0.5) is 5.82 Å². The first-order chi connectivity index (χ1) is 12.5. The van der Waals surface area contributed by atoms with E-state index in [1.165, 1.54) is 22.2 Å². The lowest BCUT2D eigenvalue weighted by molar-refractivity contribution is -0.143. The second-order valence-electron chi connectivity index (χ2n) is 6.60. The van der Waals surface area contributed by atoms with Crippen LogP contribution in [0.25, 0.3) is 10.2 Å². The van der Waals surface area contributed by atoms with Gasteiger partial charge in [0, 0.05) is 23.5 Å². The van der Waals surface area contributed by atoms with E-state index < -0.39 is 0 Å². The Morgan fingerprint density at radius 3 is 2.96 bits per heavy atom.